The van der Waals surface area contributed by atoms with E-state index in [1.54, 1.807) is 6.92 Å². The van der Waals surface area contributed by atoms with Crippen LogP contribution in [0.1, 0.15) is 24.9 Å². The second-order valence-electron chi connectivity index (χ2n) is 2.94. The number of ether oxygens (including phenoxy) is 1. The zero-order valence-corrected chi connectivity index (χ0v) is 8.66. The third kappa shape index (κ3) is 3.49. The lowest BCUT2D eigenvalue weighted by molar-refractivity contribution is 0.130. The Balaban J connectivity index is 2.40. The van der Waals surface area contributed by atoms with Crippen molar-refractivity contribution in [3.8, 4) is 0 Å². The molecule has 1 aromatic heterocycles. The monoisotopic (exact) mass is 215 g/mol. The minimum absolute atomic E-state index is 0.104. The second kappa shape index (κ2) is 5.23. The number of alkyl carbamates (subject to hydrolysis) is 1. The highest BCUT2D eigenvalue weighted by Gasteiger charge is 2.10. The van der Waals surface area contributed by atoms with E-state index in [-0.39, 0.29) is 12.4 Å². The van der Waals surface area contributed by atoms with E-state index in [0.29, 0.717) is 12.3 Å². The van der Waals surface area contributed by atoms with E-state index in [1.807, 2.05) is 6.92 Å². The largest absolute Gasteiger partial charge is 0.519 e. The van der Waals surface area contributed by atoms with Gasteiger partial charge in [-0.15, -0.1) is 0 Å². The molecular weight excluding hydrogens is 202 g/mol. The Kier molecular flexibility index (Phi) is 3.96. The molecule has 0 aliphatic heterocycles. The van der Waals surface area contributed by atoms with Gasteiger partial charge < -0.3 is 18.9 Å². The van der Waals surface area contributed by atoms with E-state index in [1.165, 1.54) is 0 Å². The lowest BCUT2D eigenvalue weighted by Crippen LogP contribution is -2.24. The Morgan fingerprint density at radius 3 is 2.73 bits per heavy atom. The Morgan fingerprint density at radius 1 is 1.47 bits per heavy atom. The van der Waals surface area contributed by atoms with Gasteiger partial charge in [-0.05, 0) is 13.3 Å². The van der Waals surface area contributed by atoms with E-state index < -0.39 is 11.9 Å². The summed E-state index contributed by atoms with van der Waals surface area (Å²) in [5, 5.41) is 2.52. The van der Waals surface area contributed by atoms with Crippen molar-refractivity contribution in [1.29, 1.82) is 0 Å². The van der Waals surface area contributed by atoms with Crippen LogP contribution in [0.2, 0.25) is 0 Å². The van der Waals surface area contributed by atoms with Gasteiger partial charge in [0.2, 0.25) is 0 Å². The van der Waals surface area contributed by atoms with Gasteiger partial charge >= 0.3 is 11.9 Å². The number of aryl methyl sites for hydroxylation is 1. The van der Waals surface area contributed by atoms with Gasteiger partial charge in [-0.25, -0.2) is 9.59 Å². The smallest absolute Gasteiger partial charge is 0.441 e. The molecule has 0 aliphatic carbocycles. The van der Waals surface area contributed by atoms with Gasteiger partial charge in [0.15, 0.2) is 18.1 Å². The standard InChI is InChI=1S/C9H13NO5/c1-3-4-10-8(11)13-5-7-6(2)14-9(12)15-7/h3-5H2,1-2H3,(H,10,11). The van der Waals surface area contributed by atoms with Crippen molar-refractivity contribution in [3.63, 3.8) is 0 Å². The zero-order chi connectivity index (χ0) is 11.3. The minimum atomic E-state index is -0.792. The fourth-order valence-corrected chi connectivity index (χ4v) is 0.915. The topological polar surface area (TPSA) is 81.7 Å². The van der Waals surface area contributed by atoms with E-state index in [4.69, 9.17) is 4.74 Å². The van der Waals surface area contributed by atoms with Crippen molar-refractivity contribution in [1.82, 2.24) is 5.32 Å². The number of rotatable bonds is 4. The zero-order valence-electron chi connectivity index (χ0n) is 8.66. The van der Waals surface area contributed by atoms with Crippen LogP contribution in [-0.4, -0.2) is 12.6 Å². The van der Waals surface area contributed by atoms with E-state index >= 15 is 0 Å². The van der Waals surface area contributed by atoms with Crippen LogP contribution in [0.5, 0.6) is 0 Å². The Labute approximate surface area is 86.2 Å². The number of nitrogens with one attached hydrogen (secondary N) is 1. The first-order chi connectivity index (χ1) is 7.13. The highest BCUT2D eigenvalue weighted by molar-refractivity contribution is 5.66. The third-order valence-electron chi connectivity index (χ3n) is 1.69. The number of carbonyl (C=O) groups excluding carboxylic acids is 1. The maximum absolute atomic E-state index is 11.0. The van der Waals surface area contributed by atoms with Crippen LogP contribution in [0.15, 0.2) is 13.6 Å². The average molecular weight is 215 g/mol. The Hall–Kier alpha value is -1.72. The summed E-state index contributed by atoms with van der Waals surface area (Å²) in [7, 11) is 0. The normalized spacial score (nSPS) is 10.0. The van der Waals surface area contributed by atoms with Gasteiger partial charge in [0.05, 0.1) is 0 Å². The molecule has 0 aromatic carbocycles. The lowest BCUT2D eigenvalue weighted by atomic mass is 10.4. The second-order valence-corrected chi connectivity index (χ2v) is 2.94. The van der Waals surface area contributed by atoms with Gasteiger partial charge in [-0.3, -0.25) is 0 Å². The fraction of sp³-hybridized carbons (Fsp3) is 0.556. The van der Waals surface area contributed by atoms with Crippen LogP contribution in [0.4, 0.5) is 4.79 Å². The van der Waals surface area contributed by atoms with Gasteiger partial charge in [0, 0.05) is 6.54 Å². The molecule has 0 aliphatic rings. The number of carbonyl (C=O) groups is 1. The molecular formula is C9H13NO5. The molecule has 0 saturated heterocycles. The molecule has 15 heavy (non-hydrogen) atoms. The summed E-state index contributed by atoms with van der Waals surface area (Å²) in [6.07, 6.45) is 0.287. The van der Waals surface area contributed by atoms with Crippen LogP contribution in [0.25, 0.3) is 0 Å². The van der Waals surface area contributed by atoms with E-state index in [2.05, 4.69) is 14.2 Å². The summed E-state index contributed by atoms with van der Waals surface area (Å²) in [5.41, 5.74) is 0. The lowest BCUT2D eigenvalue weighted by Gasteiger charge is -2.03. The van der Waals surface area contributed by atoms with Crippen molar-refractivity contribution in [2.45, 2.75) is 26.9 Å². The predicted octanol–water partition coefficient (Wildman–Crippen LogP) is 1.18. The van der Waals surface area contributed by atoms with E-state index in [9.17, 15) is 9.59 Å². The van der Waals surface area contributed by atoms with Crippen molar-refractivity contribution in [2.75, 3.05) is 6.54 Å². The van der Waals surface area contributed by atoms with Gasteiger partial charge in [0.1, 0.15) is 0 Å². The molecule has 1 heterocycles. The molecule has 1 aromatic rings. The molecule has 6 heteroatoms. The number of hydrogen-bond acceptors (Lipinski definition) is 5. The number of amides is 1. The van der Waals surface area contributed by atoms with Crippen LogP contribution in [0, 0.1) is 6.92 Å². The fourth-order valence-electron chi connectivity index (χ4n) is 0.915. The molecule has 0 radical (unpaired) electrons. The highest BCUT2D eigenvalue weighted by Crippen LogP contribution is 2.05. The van der Waals surface area contributed by atoms with Crippen LogP contribution in [-0.2, 0) is 11.3 Å². The van der Waals surface area contributed by atoms with Gasteiger partial charge in [-0.1, -0.05) is 6.92 Å². The molecule has 0 unspecified atom stereocenters. The first kappa shape index (κ1) is 11.4. The van der Waals surface area contributed by atoms with Crippen molar-refractivity contribution < 1.29 is 18.4 Å². The molecule has 0 spiro atoms. The Bertz CT molecular complexity index is 378. The van der Waals surface area contributed by atoms with Crippen molar-refractivity contribution in [2.24, 2.45) is 0 Å². The van der Waals surface area contributed by atoms with Crippen molar-refractivity contribution >= 4 is 6.09 Å². The summed E-state index contributed by atoms with van der Waals surface area (Å²) >= 11 is 0. The number of hydrogen-bond donors (Lipinski definition) is 1. The van der Waals surface area contributed by atoms with Gasteiger partial charge in [-0.2, -0.15) is 0 Å². The van der Waals surface area contributed by atoms with Crippen LogP contribution >= 0.6 is 0 Å². The molecule has 0 bridgehead atoms. The van der Waals surface area contributed by atoms with Crippen LogP contribution < -0.4 is 11.1 Å². The molecule has 0 atom stereocenters. The molecule has 1 N–H and O–H groups in total. The molecule has 1 amide bonds. The van der Waals surface area contributed by atoms with E-state index in [0.717, 1.165) is 6.42 Å². The maximum atomic E-state index is 11.0. The Morgan fingerprint density at radius 2 is 2.20 bits per heavy atom. The van der Waals surface area contributed by atoms with Crippen LogP contribution in [0.3, 0.4) is 0 Å². The van der Waals surface area contributed by atoms with Crippen molar-refractivity contribution in [3.05, 3.63) is 22.1 Å². The summed E-state index contributed by atoms with van der Waals surface area (Å²) < 4.78 is 14.0. The third-order valence-corrected chi connectivity index (χ3v) is 1.69. The SMILES string of the molecule is CCCNC(=O)OCc1oc(=O)oc1C. The molecule has 0 saturated carbocycles. The summed E-state index contributed by atoms with van der Waals surface area (Å²) in [4.78, 5) is 21.6. The minimum Gasteiger partial charge on any atom is -0.441 e. The summed E-state index contributed by atoms with van der Waals surface area (Å²) in [6, 6.07) is 0. The predicted molar refractivity (Wildman–Crippen MR) is 50.5 cm³/mol. The molecule has 84 valence electrons. The average Bonchev–Trinajstić information content (AvgIpc) is 2.51. The quantitative estimate of drug-likeness (QED) is 0.815. The highest BCUT2D eigenvalue weighted by atomic mass is 16.6. The first-order valence-electron chi connectivity index (χ1n) is 4.63. The maximum Gasteiger partial charge on any atom is 0.519 e. The molecule has 6 nitrogen and oxygen atoms in total. The molecule has 1 rings (SSSR count). The molecule has 0 fully saturated rings. The van der Waals surface area contributed by atoms with Gasteiger partial charge in [0.25, 0.3) is 0 Å². The summed E-state index contributed by atoms with van der Waals surface area (Å²) in [6.45, 7) is 3.94. The summed E-state index contributed by atoms with van der Waals surface area (Å²) in [5.74, 6) is -0.241. The first-order valence-corrected chi connectivity index (χ1v) is 4.63.